The van der Waals surface area contributed by atoms with Crippen LogP contribution in [0.4, 0.5) is 4.39 Å². The largest absolute Gasteiger partial charge is 0.336 e. The number of aromatic nitrogens is 1. The van der Waals surface area contributed by atoms with Crippen LogP contribution in [0.2, 0.25) is 5.02 Å². The normalized spacial score (nSPS) is 10.7. The second kappa shape index (κ2) is 6.78. The van der Waals surface area contributed by atoms with Crippen molar-refractivity contribution in [3.05, 3.63) is 63.2 Å². The number of nitrogens with zero attached hydrogens (tertiary/aromatic N) is 2. The molecule has 0 aliphatic rings. The minimum Gasteiger partial charge on any atom is -0.336 e. The fourth-order valence-electron chi connectivity index (χ4n) is 2.07. The smallest absolute Gasteiger partial charge is 0.273 e. The lowest BCUT2D eigenvalue weighted by Gasteiger charge is -2.17. The van der Waals surface area contributed by atoms with E-state index in [1.165, 1.54) is 28.4 Å². The molecule has 118 valence electrons. The quantitative estimate of drug-likeness (QED) is 0.655. The summed E-state index contributed by atoms with van der Waals surface area (Å²) in [5, 5.41) is 4.80. The zero-order valence-electron chi connectivity index (χ0n) is 12.1. The highest BCUT2D eigenvalue weighted by Crippen LogP contribution is 2.28. The summed E-state index contributed by atoms with van der Waals surface area (Å²) in [7, 11) is 1.61. The van der Waals surface area contributed by atoms with E-state index in [1.54, 1.807) is 29.8 Å². The van der Waals surface area contributed by atoms with Crippen LogP contribution < -0.4 is 0 Å². The van der Waals surface area contributed by atoms with Crippen LogP contribution in [-0.2, 0) is 6.54 Å². The van der Waals surface area contributed by atoms with Crippen molar-refractivity contribution in [1.29, 1.82) is 0 Å². The highest BCUT2D eigenvalue weighted by atomic mass is 35.5. The van der Waals surface area contributed by atoms with Crippen LogP contribution in [0.5, 0.6) is 0 Å². The molecule has 0 bridgehead atoms. The van der Waals surface area contributed by atoms with Crippen molar-refractivity contribution in [2.45, 2.75) is 6.54 Å². The van der Waals surface area contributed by atoms with E-state index in [4.69, 9.17) is 11.6 Å². The van der Waals surface area contributed by atoms with Gasteiger partial charge in [-0.2, -0.15) is 0 Å². The zero-order valence-corrected chi connectivity index (χ0v) is 14.5. The van der Waals surface area contributed by atoms with E-state index in [9.17, 15) is 9.18 Å². The number of carbonyl (C=O) groups is 1. The molecule has 0 saturated carbocycles. The standard InChI is InChI=1S/C16H12ClFN2OS2/c1-20(8-10-11(17)4-2-5-12(10)18)16(21)13-9-23-15(19-13)14-6-3-7-22-14/h2-7,9H,8H2,1H3. The van der Waals surface area contributed by atoms with Gasteiger partial charge in [-0.15, -0.1) is 22.7 Å². The maximum absolute atomic E-state index is 13.8. The van der Waals surface area contributed by atoms with Crippen LogP contribution in [0.3, 0.4) is 0 Å². The van der Waals surface area contributed by atoms with Crippen molar-refractivity contribution in [1.82, 2.24) is 9.88 Å². The molecule has 0 N–H and O–H groups in total. The first-order chi connectivity index (χ1) is 11.1. The second-order valence-corrected chi connectivity index (χ2v) is 7.09. The number of rotatable bonds is 4. The summed E-state index contributed by atoms with van der Waals surface area (Å²) in [4.78, 5) is 19.3. The van der Waals surface area contributed by atoms with Gasteiger partial charge in [-0.3, -0.25) is 4.79 Å². The van der Waals surface area contributed by atoms with Gasteiger partial charge in [0, 0.05) is 23.0 Å². The highest BCUT2D eigenvalue weighted by molar-refractivity contribution is 7.20. The van der Waals surface area contributed by atoms with Crippen molar-refractivity contribution in [2.24, 2.45) is 0 Å². The van der Waals surface area contributed by atoms with Crippen LogP contribution in [0.1, 0.15) is 16.1 Å². The molecule has 3 aromatic rings. The lowest BCUT2D eigenvalue weighted by atomic mass is 10.2. The van der Waals surface area contributed by atoms with Crippen LogP contribution >= 0.6 is 34.3 Å². The zero-order chi connectivity index (χ0) is 16.4. The van der Waals surface area contributed by atoms with Gasteiger partial charge in [0.15, 0.2) is 0 Å². The molecule has 0 spiro atoms. The van der Waals surface area contributed by atoms with E-state index in [-0.39, 0.29) is 12.5 Å². The molecule has 3 rings (SSSR count). The van der Waals surface area contributed by atoms with Gasteiger partial charge in [0.25, 0.3) is 5.91 Å². The summed E-state index contributed by atoms with van der Waals surface area (Å²) in [6, 6.07) is 8.37. The highest BCUT2D eigenvalue weighted by Gasteiger charge is 2.19. The Balaban J connectivity index is 1.78. The molecule has 0 radical (unpaired) electrons. The molecule has 23 heavy (non-hydrogen) atoms. The molecule has 0 aliphatic carbocycles. The summed E-state index contributed by atoms with van der Waals surface area (Å²) in [5.41, 5.74) is 0.659. The van der Waals surface area contributed by atoms with Gasteiger partial charge >= 0.3 is 0 Å². The van der Waals surface area contributed by atoms with Crippen molar-refractivity contribution in [3.8, 4) is 9.88 Å². The minimum absolute atomic E-state index is 0.0935. The maximum Gasteiger partial charge on any atom is 0.273 e. The van der Waals surface area contributed by atoms with Gasteiger partial charge in [-0.1, -0.05) is 23.7 Å². The van der Waals surface area contributed by atoms with Gasteiger partial charge < -0.3 is 4.90 Å². The van der Waals surface area contributed by atoms with Gasteiger partial charge in [0.05, 0.1) is 11.4 Å². The van der Waals surface area contributed by atoms with Crippen LogP contribution in [0.15, 0.2) is 41.1 Å². The molecule has 7 heteroatoms. The monoisotopic (exact) mass is 366 g/mol. The Morgan fingerprint density at radius 3 is 2.83 bits per heavy atom. The SMILES string of the molecule is CN(Cc1c(F)cccc1Cl)C(=O)c1csc(-c2cccs2)n1. The molecule has 3 nitrogen and oxygen atoms in total. The Labute approximate surface area is 146 Å². The predicted molar refractivity (Wildman–Crippen MR) is 92.6 cm³/mol. The number of benzene rings is 1. The molecule has 1 aromatic carbocycles. The predicted octanol–water partition coefficient (Wildman–Crippen LogP) is 4.94. The first-order valence-electron chi connectivity index (χ1n) is 6.74. The molecule has 2 heterocycles. The van der Waals surface area contributed by atoms with Crippen LogP contribution in [-0.4, -0.2) is 22.8 Å². The van der Waals surface area contributed by atoms with E-state index in [1.807, 2.05) is 17.5 Å². The molecular weight excluding hydrogens is 355 g/mol. The van der Waals surface area contributed by atoms with Crippen molar-refractivity contribution in [3.63, 3.8) is 0 Å². The summed E-state index contributed by atoms with van der Waals surface area (Å²) in [6.07, 6.45) is 0. The Morgan fingerprint density at radius 2 is 2.13 bits per heavy atom. The summed E-state index contributed by atoms with van der Waals surface area (Å²) in [6.45, 7) is 0.0935. The maximum atomic E-state index is 13.8. The van der Waals surface area contributed by atoms with Crippen LogP contribution in [0.25, 0.3) is 9.88 Å². The van der Waals surface area contributed by atoms with Gasteiger partial charge in [-0.05, 0) is 23.6 Å². The number of hydrogen-bond donors (Lipinski definition) is 0. The minimum atomic E-state index is -0.422. The molecule has 2 aromatic heterocycles. The summed E-state index contributed by atoms with van der Waals surface area (Å²) in [5.74, 6) is -0.682. The van der Waals surface area contributed by atoms with E-state index >= 15 is 0 Å². The molecular formula is C16H12ClFN2OS2. The molecule has 0 atom stereocenters. The lowest BCUT2D eigenvalue weighted by molar-refractivity contribution is 0.0779. The van der Waals surface area contributed by atoms with Gasteiger partial charge in [-0.25, -0.2) is 9.37 Å². The fraction of sp³-hybridized carbons (Fsp3) is 0.125. The molecule has 0 aliphatic heterocycles. The van der Waals surface area contributed by atoms with Crippen molar-refractivity contribution >= 4 is 40.2 Å². The number of hydrogen-bond acceptors (Lipinski definition) is 4. The van der Waals surface area contributed by atoms with Gasteiger partial charge in [0.2, 0.25) is 0 Å². The Bertz CT molecular complexity index is 812. The van der Waals surface area contributed by atoms with Gasteiger partial charge in [0.1, 0.15) is 16.5 Å². The average Bonchev–Trinajstić information content (AvgIpc) is 3.20. The van der Waals surface area contributed by atoms with E-state index < -0.39 is 5.82 Å². The molecule has 1 amide bonds. The summed E-state index contributed by atoms with van der Waals surface area (Å²) < 4.78 is 13.8. The first kappa shape index (κ1) is 16.1. The number of amides is 1. The third kappa shape index (κ3) is 3.44. The number of halogens is 2. The third-order valence-electron chi connectivity index (χ3n) is 3.26. The average molecular weight is 367 g/mol. The van der Waals surface area contributed by atoms with Crippen molar-refractivity contribution < 1.29 is 9.18 Å². The molecule has 0 fully saturated rings. The van der Waals surface area contributed by atoms with Crippen molar-refractivity contribution in [2.75, 3.05) is 7.05 Å². The Hall–Kier alpha value is -1.76. The van der Waals surface area contributed by atoms with E-state index in [2.05, 4.69) is 4.98 Å². The number of thiophene rings is 1. The number of thiazole rings is 1. The number of carbonyl (C=O) groups excluding carboxylic acids is 1. The topological polar surface area (TPSA) is 33.2 Å². The summed E-state index contributed by atoms with van der Waals surface area (Å²) >= 11 is 9.00. The Morgan fingerprint density at radius 1 is 1.30 bits per heavy atom. The lowest BCUT2D eigenvalue weighted by Crippen LogP contribution is -2.27. The fourth-order valence-corrected chi connectivity index (χ4v) is 3.90. The molecule has 0 saturated heterocycles. The first-order valence-corrected chi connectivity index (χ1v) is 8.87. The second-order valence-electron chi connectivity index (χ2n) is 4.88. The third-order valence-corrected chi connectivity index (χ3v) is 5.49. The van der Waals surface area contributed by atoms with E-state index in [0.29, 0.717) is 16.3 Å². The van der Waals surface area contributed by atoms with E-state index in [0.717, 1.165) is 9.88 Å². The Kier molecular flexibility index (Phi) is 4.75. The molecule has 0 unspecified atom stereocenters. The van der Waals surface area contributed by atoms with Crippen LogP contribution in [0, 0.1) is 5.82 Å².